The number of anilines is 1. The van der Waals surface area contributed by atoms with Crippen LogP contribution < -0.4 is 10.5 Å². The number of hydrogen-bond acceptors (Lipinski definition) is 2. The van der Waals surface area contributed by atoms with Crippen molar-refractivity contribution in [1.82, 2.24) is 0 Å². The van der Waals surface area contributed by atoms with Crippen LogP contribution in [0.1, 0.15) is 5.56 Å². The van der Waals surface area contributed by atoms with Gasteiger partial charge in [-0.3, -0.25) is 0 Å². The molecule has 0 atom stereocenters. The summed E-state index contributed by atoms with van der Waals surface area (Å²) in [6.45, 7) is 1.63. The molecule has 0 fully saturated rings. The molecule has 0 amide bonds. The number of nitrogens with two attached hydrogens (primary N) is 1. The van der Waals surface area contributed by atoms with Crippen molar-refractivity contribution in [3.8, 4) is 11.5 Å². The van der Waals surface area contributed by atoms with E-state index < -0.39 is 0 Å². The van der Waals surface area contributed by atoms with Gasteiger partial charge in [0.2, 0.25) is 0 Å². The van der Waals surface area contributed by atoms with E-state index in [1.54, 1.807) is 25.1 Å². The van der Waals surface area contributed by atoms with E-state index in [1.807, 2.05) is 0 Å². The van der Waals surface area contributed by atoms with Crippen molar-refractivity contribution in [3.05, 3.63) is 51.8 Å². The maximum Gasteiger partial charge on any atom is 0.150 e. The minimum absolute atomic E-state index is 0.203. The molecule has 2 aromatic rings. The Morgan fingerprint density at radius 1 is 1.11 bits per heavy atom. The molecule has 0 aliphatic carbocycles. The third-order valence-corrected chi connectivity index (χ3v) is 2.95. The van der Waals surface area contributed by atoms with Gasteiger partial charge in [-0.25, -0.2) is 4.39 Å². The Bertz CT molecular complexity index is 602. The minimum Gasteiger partial charge on any atom is -0.454 e. The molecule has 0 radical (unpaired) electrons. The second-order valence-corrected chi connectivity index (χ2v) is 4.66. The topological polar surface area (TPSA) is 35.2 Å². The number of rotatable bonds is 2. The number of halogens is 3. The van der Waals surface area contributed by atoms with Crippen molar-refractivity contribution in [1.29, 1.82) is 0 Å². The summed E-state index contributed by atoms with van der Waals surface area (Å²) in [4.78, 5) is 0. The van der Waals surface area contributed by atoms with Gasteiger partial charge in [0.1, 0.15) is 11.6 Å². The summed E-state index contributed by atoms with van der Waals surface area (Å²) in [7, 11) is 0. The molecule has 0 heterocycles. The highest BCUT2D eigenvalue weighted by Gasteiger charge is 2.09. The van der Waals surface area contributed by atoms with Gasteiger partial charge in [0.05, 0.1) is 10.7 Å². The first-order valence-electron chi connectivity index (χ1n) is 5.16. The minimum atomic E-state index is -0.378. The molecule has 94 valence electrons. The van der Waals surface area contributed by atoms with E-state index in [9.17, 15) is 4.39 Å². The van der Waals surface area contributed by atoms with Crippen LogP contribution in [0.4, 0.5) is 10.1 Å². The van der Waals surface area contributed by atoms with Gasteiger partial charge in [-0.2, -0.15) is 0 Å². The van der Waals surface area contributed by atoms with Gasteiger partial charge in [-0.05, 0) is 30.7 Å². The summed E-state index contributed by atoms with van der Waals surface area (Å²) in [5.41, 5.74) is 6.33. The van der Waals surface area contributed by atoms with Crippen molar-refractivity contribution in [2.75, 3.05) is 5.73 Å². The Morgan fingerprint density at radius 2 is 1.83 bits per heavy atom. The van der Waals surface area contributed by atoms with Crippen LogP contribution in [0.2, 0.25) is 10.0 Å². The summed E-state index contributed by atoms with van der Waals surface area (Å²) in [5, 5.41) is 0.896. The average molecular weight is 286 g/mol. The fourth-order valence-electron chi connectivity index (χ4n) is 1.43. The van der Waals surface area contributed by atoms with E-state index in [0.717, 1.165) is 0 Å². The number of benzene rings is 2. The zero-order valence-electron chi connectivity index (χ0n) is 9.51. The molecule has 0 saturated carbocycles. The largest absolute Gasteiger partial charge is 0.454 e. The Labute approximate surface area is 114 Å². The van der Waals surface area contributed by atoms with E-state index >= 15 is 0 Å². The van der Waals surface area contributed by atoms with Crippen LogP contribution in [0.3, 0.4) is 0 Å². The van der Waals surface area contributed by atoms with E-state index in [0.29, 0.717) is 27.1 Å². The van der Waals surface area contributed by atoms with Crippen LogP contribution in [-0.2, 0) is 0 Å². The van der Waals surface area contributed by atoms with Gasteiger partial charge in [0.25, 0.3) is 0 Å². The molecule has 0 saturated heterocycles. The van der Waals surface area contributed by atoms with E-state index in [-0.39, 0.29) is 11.5 Å². The highest BCUT2D eigenvalue weighted by atomic mass is 35.5. The van der Waals surface area contributed by atoms with Crippen molar-refractivity contribution < 1.29 is 9.13 Å². The molecule has 2 rings (SSSR count). The van der Waals surface area contributed by atoms with Gasteiger partial charge < -0.3 is 10.5 Å². The van der Waals surface area contributed by atoms with Crippen LogP contribution in [-0.4, -0.2) is 0 Å². The first-order chi connectivity index (χ1) is 8.47. The Kier molecular flexibility index (Phi) is 3.64. The molecular weight excluding hydrogens is 276 g/mol. The fraction of sp³-hybridized carbons (Fsp3) is 0.0769. The predicted molar refractivity (Wildman–Crippen MR) is 72.1 cm³/mol. The second-order valence-electron chi connectivity index (χ2n) is 3.82. The Morgan fingerprint density at radius 3 is 2.56 bits per heavy atom. The lowest BCUT2D eigenvalue weighted by Gasteiger charge is -2.11. The van der Waals surface area contributed by atoms with Crippen molar-refractivity contribution in [3.63, 3.8) is 0 Å². The lowest BCUT2D eigenvalue weighted by Crippen LogP contribution is -1.95. The molecule has 0 spiro atoms. The van der Waals surface area contributed by atoms with Gasteiger partial charge in [0.15, 0.2) is 5.75 Å². The van der Waals surface area contributed by atoms with E-state index in [4.69, 9.17) is 33.7 Å². The predicted octanol–water partition coefficient (Wildman–Crippen LogP) is 4.82. The molecular formula is C13H10Cl2FNO. The second kappa shape index (κ2) is 5.04. The summed E-state index contributed by atoms with van der Waals surface area (Å²) < 4.78 is 18.8. The van der Waals surface area contributed by atoms with Crippen LogP contribution in [0.25, 0.3) is 0 Å². The first-order valence-corrected chi connectivity index (χ1v) is 5.91. The van der Waals surface area contributed by atoms with Crippen LogP contribution in [0, 0.1) is 12.7 Å². The Hall–Kier alpha value is -1.45. The van der Waals surface area contributed by atoms with Crippen LogP contribution in [0.5, 0.6) is 11.5 Å². The summed E-state index contributed by atoms with van der Waals surface area (Å²) in [5.74, 6) is 0.344. The summed E-state index contributed by atoms with van der Waals surface area (Å²) in [6.07, 6.45) is 0. The maximum absolute atomic E-state index is 13.3. The molecule has 18 heavy (non-hydrogen) atoms. The lowest BCUT2D eigenvalue weighted by atomic mass is 10.2. The number of hydrogen-bond donors (Lipinski definition) is 1. The molecule has 5 heteroatoms. The molecule has 0 aromatic heterocycles. The maximum atomic E-state index is 13.3. The average Bonchev–Trinajstić information content (AvgIpc) is 2.30. The number of ether oxygens (including phenoxy) is 1. The summed E-state index contributed by atoms with van der Waals surface area (Å²) >= 11 is 11.8. The van der Waals surface area contributed by atoms with Gasteiger partial charge in [-0.1, -0.05) is 23.2 Å². The molecule has 0 bridgehead atoms. The molecule has 0 aliphatic heterocycles. The normalized spacial score (nSPS) is 10.4. The summed E-state index contributed by atoms with van der Waals surface area (Å²) in [6, 6.07) is 7.56. The standard InChI is InChI=1S/C13H10Cl2FNO/c1-7-4-13(11(17)6-10(7)16)18-12-5-8(14)2-3-9(12)15/h2-6H,17H2,1H3. The molecule has 0 unspecified atom stereocenters. The molecule has 2 nitrogen and oxygen atoms in total. The third-order valence-electron chi connectivity index (χ3n) is 2.40. The monoisotopic (exact) mass is 285 g/mol. The zero-order chi connectivity index (χ0) is 13.3. The number of aryl methyl sites for hydroxylation is 1. The first kappa shape index (κ1) is 13.0. The van der Waals surface area contributed by atoms with Crippen molar-refractivity contribution in [2.24, 2.45) is 0 Å². The third kappa shape index (κ3) is 2.68. The SMILES string of the molecule is Cc1cc(Oc2cc(Cl)ccc2Cl)c(N)cc1F. The van der Waals surface area contributed by atoms with Crippen molar-refractivity contribution >= 4 is 28.9 Å². The van der Waals surface area contributed by atoms with E-state index in [1.165, 1.54) is 12.1 Å². The smallest absolute Gasteiger partial charge is 0.150 e. The fourth-order valence-corrected chi connectivity index (χ4v) is 1.75. The lowest BCUT2D eigenvalue weighted by molar-refractivity contribution is 0.482. The van der Waals surface area contributed by atoms with E-state index in [2.05, 4.69) is 0 Å². The Balaban J connectivity index is 2.40. The highest BCUT2D eigenvalue weighted by Crippen LogP contribution is 2.35. The molecule has 0 aliphatic rings. The van der Waals surface area contributed by atoms with Gasteiger partial charge >= 0.3 is 0 Å². The number of nitrogen functional groups attached to an aromatic ring is 1. The zero-order valence-corrected chi connectivity index (χ0v) is 11.0. The van der Waals surface area contributed by atoms with Crippen LogP contribution >= 0.6 is 23.2 Å². The van der Waals surface area contributed by atoms with Gasteiger partial charge in [0, 0.05) is 17.2 Å². The van der Waals surface area contributed by atoms with Gasteiger partial charge in [-0.15, -0.1) is 0 Å². The van der Waals surface area contributed by atoms with Crippen LogP contribution in [0.15, 0.2) is 30.3 Å². The molecule has 2 N–H and O–H groups in total. The quantitative estimate of drug-likeness (QED) is 0.803. The highest BCUT2D eigenvalue weighted by molar-refractivity contribution is 6.34. The van der Waals surface area contributed by atoms with Crippen molar-refractivity contribution in [2.45, 2.75) is 6.92 Å². The molecule has 2 aromatic carbocycles.